The van der Waals surface area contributed by atoms with Crippen molar-refractivity contribution in [1.29, 1.82) is 0 Å². The zero-order valence-corrected chi connectivity index (χ0v) is 20.6. The van der Waals surface area contributed by atoms with Crippen LogP contribution in [-0.2, 0) is 0 Å². The van der Waals surface area contributed by atoms with E-state index in [1.165, 1.54) is 28.2 Å². The number of Topliss-reactive ketones (excluding diaryl/α,β-unsaturated/α-hetero) is 1. The summed E-state index contributed by atoms with van der Waals surface area (Å²) in [6.07, 6.45) is 10.0. The highest BCUT2D eigenvalue weighted by molar-refractivity contribution is 8.00. The van der Waals surface area contributed by atoms with E-state index in [0.29, 0.717) is 17.2 Å². The average molecular weight is 495 g/mol. The van der Waals surface area contributed by atoms with Gasteiger partial charge < -0.3 is 4.90 Å². The van der Waals surface area contributed by atoms with Crippen LogP contribution in [0.5, 0.6) is 0 Å². The Balaban J connectivity index is 1.16. The van der Waals surface area contributed by atoms with Gasteiger partial charge in [0.05, 0.1) is 5.25 Å². The van der Waals surface area contributed by atoms with E-state index in [1.54, 1.807) is 12.1 Å². The van der Waals surface area contributed by atoms with Gasteiger partial charge in [-0.1, -0.05) is 42.0 Å². The summed E-state index contributed by atoms with van der Waals surface area (Å²) in [6.45, 7) is 4.83. The Bertz CT molecular complexity index is 1140. The molecular weight excluding hydrogens is 467 g/mol. The number of carbonyl (C=O) groups is 1. The number of ketones is 1. The monoisotopic (exact) mass is 494 g/mol. The van der Waals surface area contributed by atoms with E-state index in [0.717, 1.165) is 44.2 Å². The molecule has 0 amide bonds. The minimum atomic E-state index is -0.311. The summed E-state index contributed by atoms with van der Waals surface area (Å²) >= 11 is 8.48. The molecule has 2 aliphatic heterocycles. The first-order valence-electron chi connectivity index (χ1n) is 11.8. The minimum absolute atomic E-state index is 0.0821. The van der Waals surface area contributed by atoms with Gasteiger partial charge in [0.15, 0.2) is 5.78 Å². The Labute approximate surface area is 210 Å². The van der Waals surface area contributed by atoms with Crippen LogP contribution in [0.1, 0.15) is 28.8 Å². The number of hydrogen-bond donors (Lipinski definition) is 0. The number of carbonyl (C=O) groups excluding carboxylic acids is 1. The van der Waals surface area contributed by atoms with Crippen molar-refractivity contribution in [3.63, 3.8) is 0 Å². The van der Waals surface area contributed by atoms with Gasteiger partial charge in [-0.2, -0.15) is 0 Å². The van der Waals surface area contributed by atoms with Crippen molar-refractivity contribution in [1.82, 2.24) is 9.80 Å². The highest BCUT2D eigenvalue weighted by Gasteiger charge is 2.34. The second kappa shape index (κ2) is 10.6. The van der Waals surface area contributed by atoms with Crippen molar-refractivity contribution in [2.75, 3.05) is 32.7 Å². The van der Waals surface area contributed by atoms with Crippen LogP contribution in [0.15, 0.2) is 82.3 Å². The molecule has 0 radical (unpaired) electrons. The molecule has 0 saturated carbocycles. The minimum Gasteiger partial charge on any atom is -0.301 e. The molecule has 2 aromatic rings. The number of nitrogens with zero attached hydrogens (tertiary/aromatic N) is 2. The fourth-order valence-electron chi connectivity index (χ4n) is 4.89. The summed E-state index contributed by atoms with van der Waals surface area (Å²) in [7, 11) is 0. The van der Waals surface area contributed by atoms with Crippen molar-refractivity contribution in [2.24, 2.45) is 0 Å². The number of rotatable bonds is 6. The fraction of sp³-hybridized carbons (Fsp3) is 0.321. The lowest BCUT2D eigenvalue weighted by Gasteiger charge is -2.42. The number of piperazine rings is 1. The molecule has 1 fully saturated rings. The Kier molecular flexibility index (Phi) is 7.35. The first-order chi connectivity index (χ1) is 16.6. The Morgan fingerprint density at radius 3 is 2.59 bits per heavy atom. The van der Waals surface area contributed by atoms with Crippen molar-refractivity contribution in [3.8, 4) is 0 Å². The molecule has 2 unspecified atom stereocenters. The van der Waals surface area contributed by atoms with E-state index in [2.05, 4.69) is 58.4 Å². The molecule has 34 heavy (non-hydrogen) atoms. The second-order valence-corrected chi connectivity index (χ2v) is 10.6. The molecule has 3 aliphatic rings. The van der Waals surface area contributed by atoms with Crippen LogP contribution < -0.4 is 0 Å². The van der Waals surface area contributed by atoms with E-state index in [1.807, 2.05) is 11.8 Å². The van der Waals surface area contributed by atoms with Crippen molar-refractivity contribution in [3.05, 3.63) is 94.3 Å². The summed E-state index contributed by atoms with van der Waals surface area (Å²) in [5, 5.41) is 1.14. The normalized spacial score (nSPS) is 22.9. The van der Waals surface area contributed by atoms with Gasteiger partial charge in [0.2, 0.25) is 0 Å². The average Bonchev–Trinajstić information content (AvgIpc) is 3.04. The quantitative estimate of drug-likeness (QED) is 0.458. The molecule has 3 nitrogen and oxygen atoms in total. The molecular formula is C28H28ClFN2OS. The van der Waals surface area contributed by atoms with Crippen LogP contribution >= 0.6 is 23.4 Å². The van der Waals surface area contributed by atoms with Crippen molar-refractivity contribution >= 4 is 35.2 Å². The largest absolute Gasteiger partial charge is 0.301 e. The highest BCUT2D eigenvalue weighted by Crippen LogP contribution is 2.41. The van der Waals surface area contributed by atoms with Gasteiger partial charge in [-0.05, 0) is 66.6 Å². The van der Waals surface area contributed by atoms with Gasteiger partial charge in [-0.3, -0.25) is 9.69 Å². The second-order valence-electron chi connectivity index (χ2n) is 9.01. The molecule has 1 saturated heterocycles. The zero-order chi connectivity index (χ0) is 23.5. The van der Waals surface area contributed by atoms with Gasteiger partial charge in [-0.25, -0.2) is 4.39 Å². The molecule has 6 heteroatoms. The molecule has 0 bridgehead atoms. The van der Waals surface area contributed by atoms with E-state index in [9.17, 15) is 9.18 Å². The van der Waals surface area contributed by atoms with Crippen LogP contribution in [0.3, 0.4) is 0 Å². The van der Waals surface area contributed by atoms with Crippen LogP contribution in [-0.4, -0.2) is 59.6 Å². The summed E-state index contributed by atoms with van der Waals surface area (Å²) in [5.74, 6) is -0.229. The van der Waals surface area contributed by atoms with E-state index in [4.69, 9.17) is 11.6 Å². The fourth-order valence-corrected chi connectivity index (χ4v) is 6.52. The third-order valence-electron chi connectivity index (χ3n) is 6.77. The van der Waals surface area contributed by atoms with Crippen LogP contribution in [0.2, 0.25) is 0 Å². The lowest BCUT2D eigenvalue weighted by atomic mass is 9.96. The predicted molar refractivity (Wildman–Crippen MR) is 139 cm³/mol. The molecule has 0 N–H and O–H groups in total. The Hall–Kier alpha value is -2.18. The van der Waals surface area contributed by atoms with Gasteiger partial charge in [0, 0.05) is 54.1 Å². The lowest BCUT2D eigenvalue weighted by Crippen LogP contribution is -2.53. The summed E-state index contributed by atoms with van der Waals surface area (Å²) < 4.78 is 13.1. The number of hydrogen-bond acceptors (Lipinski definition) is 4. The third-order valence-corrected chi connectivity index (χ3v) is 8.44. The first kappa shape index (κ1) is 23.6. The van der Waals surface area contributed by atoms with Gasteiger partial charge in [0.25, 0.3) is 0 Å². The molecule has 0 aromatic heterocycles. The molecule has 2 aromatic carbocycles. The topological polar surface area (TPSA) is 23.6 Å². The summed E-state index contributed by atoms with van der Waals surface area (Å²) in [6, 6.07) is 14.7. The summed E-state index contributed by atoms with van der Waals surface area (Å²) in [4.78, 5) is 18.7. The molecule has 0 spiro atoms. The Morgan fingerprint density at radius 1 is 1.03 bits per heavy atom. The predicted octanol–water partition coefficient (Wildman–Crippen LogP) is 6.03. The van der Waals surface area contributed by atoms with E-state index < -0.39 is 0 Å². The third kappa shape index (κ3) is 5.38. The number of thioether (sulfide) groups is 1. The van der Waals surface area contributed by atoms with E-state index in [-0.39, 0.29) is 17.6 Å². The van der Waals surface area contributed by atoms with Gasteiger partial charge >= 0.3 is 0 Å². The van der Waals surface area contributed by atoms with Crippen molar-refractivity contribution < 1.29 is 9.18 Å². The van der Waals surface area contributed by atoms with E-state index >= 15 is 0 Å². The molecule has 176 valence electrons. The lowest BCUT2D eigenvalue weighted by molar-refractivity contribution is 0.0948. The molecule has 5 rings (SSSR count). The maximum absolute atomic E-state index is 13.1. The maximum Gasteiger partial charge on any atom is 0.162 e. The standard InChI is InChI=1S/C28H28ClFN2OS/c29-23-18-22-8-7-21-4-1-2-6-27(21)34-28(22)25(19-23)32-16-14-31(15-17-32)13-3-5-26(33)20-9-11-24(30)12-10-20/h1-2,4,6-12,18-19,25,28H,3,5,13-17H2. The molecule has 2 atom stereocenters. The van der Waals surface area contributed by atoms with Crippen LogP contribution in [0, 0.1) is 5.82 Å². The van der Waals surface area contributed by atoms with Crippen molar-refractivity contribution in [2.45, 2.75) is 29.0 Å². The molecule has 2 heterocycles. The highest BCUT2D eigenvalue weighted by atomic mass is 35.5. The zero-order valence-electron chi connectivity index (χ0n) is 19.0. The first-order valence-corrected chi connectivity index (χ1v) is 13.1. The summed E-state index contributed by atoms with van der Waals surface area (Å²) in [5.41, 5.74) is 3.13. The van der Waals surface area contributed by atoms with Crippen LogP contribution in [0.4, 0.5) is 4.39 Å². The SMILES string of the molecule is O=C(CCCN1CCN(C2C=C(Cl)C=C3C=Cc4ccccc4SC32)CC1)c1ccc(F)cc1. The maximum atomic E-state index is 13.1. The smallest absolute Gasteiger partial charge is 0.162 e. The number of allylic oxidation sites excluding steroid dienone is 3. The van der Waals surface area contributed by atoms with Crippen LogP contribution in [0.25, 0.3) is 6.08 Å². The number of halogens is 2. The number of fused-ring (bicyclic) bond motifs is 2. The molecule has 1 aliphatic carbocycles. The Morgan fingerprint density at radius 2 is 1.79 bits per heavy atom. The number of benzene rings is 2. The van der Waals surface area contributed by atoms with Gasteiger partial charge in [0.1, 0.15) is 5.82 Å². The van der Waals surface area contributed by atoms with Gasteiger partial charge in [-0.15, -0.1) is 11.8 Å².